The SMILES string of the molecule is C[C@@H]1[C@H](NC(=O)c2ccc(Sc3ccccn3)s2)C2CCN1CC2. The molecule has 4 nitrogen and oxygen atoms in total. The Balaban J connectivity index is 1.42. The lowest BCUT2D eigenvalue weighted by atomic mass is 9.79. The Morgan fingerprint density at radius 1 is 1.29 bits per heavy atom. The van der Waals surface area contributed by atoms with Crippen molar-refractivity contribution in [3.05, 3.63) is 41.4 Å². The number of hydrogen-bond acceptors (Lipinski definition) is 5. The molecule has 2 aromatic heterocycles. The number of hydrogen-bond donors (Lipinski definition) is 1. The number of nitrogens with zero attached hydrogens (tertiary/aromatic N) is 2. The second kappa shape index (κ2) is 6.86. The van der Waals surface area contributed by atoms with Crippen molar-refractivity contribution in [2.75, 3.05) is 13.1 Å². The molecule has 5 rings (SSSR count). The summed E-state index contributed by atoms with van der Waals surface area (Å²) in [6, 6.07) is 10.5. The van der Waals surface area contributed by atoms with Crippen LogP contribution in [0, 0.1) is 5.92 Å². The highest BCUT2D eigenvalue weighted by molar-refractivity contribution is 8.01. The third-order valence-corrected chi connectivity index (χ3v) is 7.29. The van der Waals surface area contributed by atoms with Crippen molar-refractivity contribution in [2.24, 2.45) is 5.92 Å². The number of thiophene rings is 1. The van der Waals surface area contributed by atoms with Gasteiger partial charge in [-0.2, -0.15) is 0 Å². The number of carbonyl (C=O) groups excluding carboxylic acids is 1. The number of piperidine rings is 3. The van der Waals surface area contributed by atoms with E-state index in [-0.39, 0.29) is 11.9 Å². The van der Waals surface area contributed by atoms with Crippen molar-refractivity contribution in [1.82, 2.24) is 15.2 Å². The molecule has 0 aliphatic carbocycles. The summed E-state index contributed by atoms with van der Waals surface area (Å²) in [6.45, 7) is 4.61. The first-order valence-corrected chi connectivity index (χ1v) is 10.1. The summed E-state index contributed by atoms with van der Waals surface area (Å²) in [5.41, 5.74) is 0. The molecule has 0 radical (unpaired) electrons. The molecule has 1 N–H and O–H groups in total. The van der Waals surface area contributed by atoms with E-state index in [2.05, 4.69) is 22.1 Å². The topological polar surface area (TPSA) is 45.2 Å². The quantitative estimate of drug-likeness (QED) is 0.907. The lowest BCUT2D eigenvalue weighted by Gasteiger charge is -2.49. The van der Waals surface area contributed by atoms with E-state index in [9.17, 15) is 4.79 Å². The zero-order valence-electron chi connectivity index (χ0n) is 13.6. The van der Waals surface area contributed by atoms with Crippen molar-refractivity contribution >= 4 is 29.0 Å². The van der Waals surface area contributed by atoms with Gasteiger partial charge >= 0.3 is 0 Å². The fraction of sp³-hybridized carbons (Fsp3) is 0.444. The number of rotatable bonds is 4. The summed E-state index contributed by atoms with van der Waals surface area (Å²) in [5.74, 6) is 0.703. The first kappa shape index (κ1) is 16.1. The van der Waals surface area contributed by atoms with Gasteiger partial charge in [0, 0.05) is 18.3 Å². The Bertz CT molecular complexity index is 708. The van der Waals surface area contributed by atoms with Gasteiger partial charge in [0.05, 0.1) is 9.09 Å². The molecule has 3 aliphatic heterocycles. The normalized spacial score (nSPS) is 28.7. The highest BCUT2D eigenvalue weighted by Crippen LogP contribution is 2.34. The molecule has 3 saturated heterocycles. The molecule has 24 heavy (non-hydrogen) atoms. The fourth-order valence-electron chi connectivity index (χ4n) is 3.78. The third-order valence-electron chi connectivity index (χ3n) is 5.12. The van der Waals surface area contributed by atoms with Gasteiger partial charge in [-0.3, -0.25) is 9.69 Å². The van der Waals surface area contributed by atoms with Crippen LogP contribution < -0.4 is 5.32 Å². The van der Waals surface area contributed by atoms with E-state index in [1.54, 1.807) is 29.3 Å². The Morgan fingerprint density at radius 3 is 2.83 bits per heavy atom. The smallest absolute Gasteiger partial charge is 0.261 e. The molecular formula is C18H21N3OS2. The second-order valence-electron chi connectivity index (χ2n) is 6.50. The van der Waals surface area contributed by atoms with Crippen LogP contribution in [0.5, 0.6) is 0 Å². The summed E-state index contributed by atoms with van der Waals surface area (Å²) in [6.07, 6.45) is 4.21. The minimum Gasteiger partial charge on any atom is -0.347 e. The van der Waals surface area contributed by atoms with Gasteiger partial charge in [-0.25, -0.2) is 4.98 Å². The van der Waals surface area contributed by atoms with Gasteiger partial charge in [0.25, 0.3) is 5.91 Å². The standard InChI is InChI=1S/C18H21N3OS2/c1-12-17(13-7-10-21(12)11-8-13)20-18(22)14-5-6-16(23-14)24-15-4-2-3-9-19-15/h2-6,9,12-13,17H,7-8,10-11H2,1H3,(H,20,22)/t12-,17+/m1/s1. The molecule has 6 heteroatoms. The number of pyridine rings is 1. The van der Waals surface area contributed by atoms with Crippen LogP contribution in [0.25, 0.3) is 0 Å². The van der Waals surface area contributed by atoms with Crippen LogP contribution >= 0.6 is 23.1 Å². The van der Waals surface area contributed by atoms with E-state index in [0.717, 1.165) is 14.1 Å². The first-order valence-electron chi connectivity index (χ1n) is 8.44. The number of fused-ring (bicyclic) bond motifs is 3. The van der Waals surface area contributed by atoms with Gasteiger partial charge in [-0.15, -0.1) is 11.3 Å². The van der Waals surface area contributed by atoms with Crippen molar-refractivity contribution in [2.45, 2.75) is 41.1 Å². The highest BCUT2D eigenvalue weighted by atomic mass is 32.2. The predicted molar refractivity (Wildman–Crippen MR) is 97.7 cm³/mol. The summed E-state index contributed by atoms with van der Waals surface area (Å²) >= 11 is 3.15. The molecule has 0 unspecified atom stereocenters. The Labute approximate surface area is 150 Å². The predicted octanol–water partition coefficient (Wildman–Crippen LogP) is 3.51. The van der Waals surface area contributed by atoms with Gasteiger partial charge in [0.1, 0.15) is 5.03 Å². The van der Waals surface area contributed by atoms with Gasteiger partial charge in [0.15, 0.2) is 0 Å². The maximum absolute atomic E-state index is 12.7. The van der Waals surface area contributed by atoms with Gasteiger partial charge in [-0.1, -0.05) is 17.8 Å². The summed E-state index contributed by atoms with van der Waals surface area (Å²) in [5, 5.41) is 4.25. The van der Waals surface area contributed by atoms with Crippen LogP contribution in [0.3, 0.4) is 0 Å². The van der Waals surface area contributed by atoms with Gasteiger partial charge < -0.3 is 5.32 Å². The second-order valence-corrected chi connectivity index (χ2v) is 8.91. The zero-order chi connectivity index (χ0) is 16.5. The van der Waals surface area contributed by atoms with Crippen molar-refractivity contribution < 1.29 is 4.79 Å². The summed E-state index contributed by atoms with van der Waals surface area (Å²) < 4.78 is 1.10. The number of aromatic nitrogens is 1. The molecule has 3 fully saturated rings. The minimum absolute atomic E-state index is 0.0680. The van der Waals surface area contributed by atoms with E-state index < -0.39 is 0 Å². The lowest BCUT2D eigenvalue weighted by molar-refractivity contribution is 0.0218. The van der Waals surface area contributed by atoms with Crippen molar-refractivity contribution in [3.63, 3.8) is 0 Å². The molecule has 0 spiro atoms. The third kappa shape index (κ3) is 3.23. The Hall–Kier alpha value is -1.37. The van der Waals surface area contributed by atoms with Crippen LogP contribution in [0.1, 0.15) is 29.4 Å². The van der Waals surface area contributed by atoms with E-state index in [1.165, 1.54) is 25.9 Å². The molecule has 2 aromatic rings. The first-order chi connectivity index (χ1) is 11.7. The van der Waals surface area contributed by atoms with Crippen molar-refractivity contribution in [1.29, 1.82) is 0 Å². The summed E-state index contributed by atoms with van der Waals surface area (Å²) in [4.78, 5) is 20.3. The van der Waals surface area contributed by atoms with Crippen LogP contribution in [0.15, 0.2) is 45.8 Å². The number of carbonyl (C=O) groups is 1. The molecule has 3 aliphatic rings. The Morgan fingerprint density at radius 2 is 2.12 bits per heavy atom. The largest absolute Gasteiger partial charge is 0.347 e. The minimum atomic E-state index is 0.0680. The lowest BCUT2D eigenvalue weighted by Crippen LogP contribution is -2.62. The number of nitrogens with one attached hydrogen (secondary N) is 1. The van der Waals surface area contributed by atoms with Gasteiger partial charge in [-0.05, 0) is 63.0 Å². The van der Waals surface area contributed by atoms with Gasteiger partial charge in [0.2, 0.25) is 0 Å². The summed E-state index contributed by atoms with van der Waals surface area (Å²) in [7, 11) is 0. The van der Waals surface area contributed by atoms with Crippen molar-refractivity contribution in [3.8, 4) is 0 Å². The fourth-order valence-corrected chi connectivity index (χ4v) is 5.71. The van der Waals surface area contributed by atoms with Crippen LogP contribution in [0.2, 0.25) is 0 Å². The molecule has 2 atom stereocenters. The molecule has 5 heterocycles. The van der Waals surface area contributed by atoms with Crippen LogP contribution in [-0.4, -0.2) is 41.0 Å². The molecule has 0 saturated carbocycles. The molecular weight excluding hydrogens is 338 g/mol. The van der Waals surface area contributed by atoms with E-state index in [1.807, 2.05) is 30.3 Å². The van der Waals surface area contributed by atoms with Crippen LogP contribution in [0.4, 0.5) is 0 Å². The highest BCUT2D eigenvalue weighted by Gasteiger charge is 2.40. The Kier molecular flexibility index (Phi) is 4.61. The van der Waals surface area contributed by atoms with E-state index >= 15 is 0 Å². The van der Waals surface area contributed by atoms with E-state index in [4.69, 9.17) is 0 Å². The maximum Gasteiger partial charge on any atom is 0.261 e. The maximum atomic E-state index is 12.7. The van der Waals surface area contributed by atoms with Crippen LogP contribution in [-0.2, 0) is 0 Å². The molecule has 1 amide bonds. The molecule has 2 bridgehead atoms. The molecule has 126 valence electrons. The average Bonchev–Trinajstić information content (AvgIpc) is 3.08. The zero-order valence-corrected chi connectivity index (χ0v) is 15.3. The van der Waals surface area contributed by atoms with E-state index in [0.29, 0.717) is 12.0 Å². The average molecular weight is 360 g/mol. The monoisotopic (exact) mass is 359 g/mol. The molecule has 0 aromatic carbocycles. The number of amides is 1.